The molecule has 0 bridgehead atoms. The fraction of sp³-hybridized carbons (Fsp3) is 0.286. The van der Waals surface area contributed by atoms with Gasteiger partial charge in [-0.05, 0) is 45.6 Å². The van der Waals surface area contributed by atoms with Gasteiger partial charge in [0.2, 0.25) is 10.0 Å². The lowest BCUT2D eigenvalue weighted by Gasteiger charge is -2.09. The number of sulfonamides is 1. The van der Waals surface area contributed by atoms with Crippen LogP contribution in [0.25, 0.3) is 0 Å². The number of halogens is 1. The lowest BCUT2D eigenvalue weighted by Crippen LogP contribution is -2.23. The van der Waals surface area contributed by atoms with Crippen LogP contribution in [0.4, 0.5) is 0 Å². The van der Waals surface area contributed by atoms with Crippen LogP contribution in [0.1, 0.15) is 16.7 Å². The molecule has 0 aliphatic carbocycles. The van der Waals surface area contributed by atoms with Crippen LogP contribution >= 0.6 is 27.3 Å². The second kappa shape index (κ2) is 7.02. The van der Waals surface area contributed by atoms with Gasteiger partial charge in [-0.25, -0.2) is 13.1 Å². The number of ether oxygens (including phenoxy) is 1. The van der Waals surface area contributed by atoms with Crippen molar-refractivity contribution in [3.8, 4) is 0 Å². The Labute approximate surface area is 137 Å². The van der Waals surface area contributed by atoms with Crippen LogP contribution in [0, 0.1) is 6.92 Å². The van der Waals surface area contributed by atoms with Crippen molar-refractivity contribution in [2.75, 3.05) is 7.11 Å². The predicted octanol–water partition coefficient (Wildman–Crippen LogP) is 3.44. The van der Waals surface area contributed by atoms with Crippen LogP contribution < -0.4 is 4.72 Å². The molecule has 1 aromatic heterocycles. The zero-order valence-corrected chi connectivity index (χ0v) is 14.9. The predicted molar refractivity (Wildman–Crippen MR) is 87.9 cm³/mol. The largest absolute Gasteiger partial charge is 0.380 e. The highest BCUT2D eigenvalue weighted by molar-refractivity contribution is 9.11. The molecule has 1 N–H and O–H groups in total. The van der Waals surface area contributed by atoms with Gasteiger partial charge in [0.05, 0.1) is 10.4 Å². The van der Waals surface area contributed by atoms with Gasteiger partial charge in [0.15, 0.2) is 0 Å². The summed E-state index contributed by atoms with van der Waals surface area (Å²) in [5.74, 6) is 0. The number of methoxy groups -OCH3 is 1. The number of thiophene rings is 1. The van der Waals surface area contributed by atoms with E-state index in [0.29, 0.717) is 10.8 Å². The normalized spacial score (nSPS) is 11.8. The zero-order valence-electron chi connectivity index (χ0n) is 11.7. The molecule has 0 unspecified atom stereocenters. The smallest absolute Gasteiger partial charge is 0.250 e. The van der Waals surface area contributed by atoms with Crippen LogP contribution in [0.15, 0.2) is 38.3 Å². The zero-order chi connectivity index (χ0) is 15.5. The fourth-order valence-electron chi connectivity index (χ4n) is 1.83. The van der Waals surface area contributed by atoms with E-state index >= 15 is 0 Å². The van der Waals surface area contributed by atoms with Crippen LogP contribution in [0.2, 0.25) is 0 Å². The molecule has 0 atom stereocenters. The molecule has 0 radical (unpaired) electrons. The Morgan fingerprint density at radius 1 is 1.29 bits per heavy atom. The second-order valence-corrected chi connectivity index (χ2v) is 8.91. The van der Waals surface area contributed by atoms with Gasteiger partial charge in [0.1, 0.15) is 4.21 Å². The van der Waals surface area contributed by atoms with Crippen LogP contribution in [0.3, 0.4) is 0 Å². The summed E-state index contributed by atoms with van der Waals surface area (Å²) < 4.78 is 33.5. The van der Waals surface area contributed by atoms with E-state index in [9.17, 15) is 8.42 Å². The first kappa shape index (κ1) is 16.6. The topological polar surface area (TPSA) is 55.4 Å². The standard InChI is InChI=1S/C14H16BrNO3S2/c1-10-7-13(20-14(10)15)21(17,18)16-8-11-5-3-4-6-12(11)9-19-2/h3-7,16H,8-9H2,1-2H3. The Morgan fingerprint density at radius 2 is 1.95 bits per heavy atom. The highest BCUT2D eigenvalue weighted by atomic mass is 79.9. The number of nitrogens with one attached hydrogen (secondary N) is 1. The quantitative estimate of drug-likeness (QED) is 0.822. The van der Waals surface area contributed by atoms with Crippen molar-refractivity contribution in [3.05, 3.63) is 50.8 Å². The Balaban J connectivity index is 2.15. The van der Waals surface area contributed by atoms with Gasteiger partial charge in [-0.3, -0.25) is 0 Å². The van der Waals surface area contributed by atoms with E-state index < -0.39 is 10.0 Å². The van der Waals surface area contributed by atoms with Gasteiger partial charge in [-0.1, -0.05) is 24.3 Å². The highest BCUT2D eigenvalue weighted by Crippen LogP contribution is 2.30. The Kier molecular flexibility index (Phi) is 5.56. The molecule has 0 saturated carbocycles. The van der Waals surface area contributed by atoms with Crippen molar-refractivity contribution in [1.29, 1.82) is 0 Å². The van der Waals surface area contributed by atoms with E-state index in [1.165, 1.54) is 11.3 Å². The summed E-state index contributed by atoms with van der Waals surface area (Å²) >= 11 is 4.56. The second-order valence-electron chi connectivity index (χ2n) is 4.55. The van der Waals surface area contributed by atoms with Crippen molar-refractivity contribution in [2.24, 2.45) is 0 Å². The first-order valence-corrected chi connectivity index (χ1v) is 9.34. The maximum atomic E-state index is 12.3. The van der Waals surface area contributed by atoms with E-state index in [0.717, 1.165) is 20.5 Å². The minimum atomic E-state index is -3.49. The maximum Gasteiger partial charge on any atom is 0.250 e. The first-order chi connectivity index (χ1) is 9.94. The molecule has 0 aliphatic heterocycles. The first-order valence-electron chi connectivity index (χ1n) is 6.25. The molecular weight excluding hydrogens is 374 g/mol. The lowest BCUT2D eigenvalue weighted by molar-refractivity contribution is 0.184. The molecule has 7 heteroatoms. The van der Waals surface area contributed by atoms with E-state index in [1.807, 2.05) is 31.2 Å². The minimum Gasteiger partial charge on any atom is -0.380 e. The third-order valence-corrected chi connectivity index (χ3v) is 6.98. The van der Waals surface area contributed by atoms with Crippen molar-refractivity contribution in [2.45, 2.75) is 24.3 Å². The van der Waals surface area contributed by atoms with Crippen molar-refractivity contribution < 1.29 is 13.2 Å². The summed E-state index contributed by atoms with van der Waals surface area (Å²) in [6.07, 6.45) is 0. The summed E-state index contributed by atoms with van der Waals surface area (Å²) in [5.41, 5.74) is 2.81. The van der Waals surface area contributed by atoms with Gasteiger partial charge >= 0.3 is 0 Å². The fourth-order valence-corrected chi connectivity index (χ4v) is 5.11. The van der Waals surface area contributed by atoms with Gasteiger partial charge in [-0.2, -0.15) is 0 Å². The SMILES string of the molecule is COCc1ccccc1CNS(=O)(=O)c1cc(C)c(Br)s1. The highest BCUT2D eigenvalue weighted by Gasteiger charge is 2.18. The average molecular weight is 390 g/mol. The van der Waals surface area contributed by atoms with E-state index in [4.69, 9.17) is 4.74 Å². The molecule has 2 rings (SSSR count). The Morgan fingerprint density at radius 3 is 2.52 bits per heavy atom. The average Bonchev–Trinajstić information content (AvgIpc) is 2.79. The molecule has 0 fully saturated rings. The minimum absolute atomic E-state index is 0.246. The summed E-state index contributed by atoms with van der Waals surface area (Å²) in [5, 5.41) is 0. The molecule has 4 nitrogen and oxygen atoms in total. The van der Waals surface area contributed by atoms with E-state index in [2.05, 4.69) is 20.7 Å². The monoisotopic (exact) mass is 389 g/mol. The molecule has 0 spiro atoms. The third-order valence-electron chi connectivity index (χ3n) is 2.97. The molecule has 0 saturated heterocycles. The lowest BCUT2D eigenvalue weighted by atomic mass is 10.1. The van der Waals surface area contributed by atoms with Crippen molar-refractivity contribution in [3.63, 3.8) is 0 Å². The molecule has 0 aliphatic rings. The summed E-state index contributed by atoms with van der Waals surface area (Å²) in [7, 11) is -1.88. The van der Waals surface area contributed by atoms with Gasteiger partial charge in [0.25, 0.3) is 0 Å². The number of rotatable bonds is 6. The van der Waals surface area contributed by atoms with Crippen molar-refractivity contribution >= 4 is 37.3 Å². The van der Waals surface area contributed by atoms with Crippen LogP contribution in [-0.2, 0) is 27.9 Å². The number of benzene rings is 1. The molecule has 1 aromatic carbocycles. The van der Waals surface area contributed by atoms with Crippen LogP contribution in [0.5, 0.6) is 0 Å². The molecule has 21 heavy (non-hydrogen) atoms. The maximum absolute atomic E-state index is 12.3. The third kappa shape index (κ3) is 4.14. The number of hydrogen-bond acceptors (Lipinski definition) is 4. The van der Waals surface area contributed by atoms with E-state index in [-0.39, 0.29) is 6.54 Å². The summed E-state index contributed by atoms with van der Waals surface area (Å²) in [4.78, 5) is 0. The number of aryl methyl sites for hydroxylation is 1. The molecule has 2 aromatic rings. The summed E-state index contributed by atoms with van der Waals surface area (Å²) in [6.45, 7) is 2.57. The van der Waals surface area contributed by atoms with Gasteiger partial charge in [0, 0.05) is 13.7 Å². The molecule has 0 amide bonds. The Hall–Kier alpha value is -0.730. The molecule has 1 heterocycles. The molecule has 114 valence electrons. The van der Waals surface area contributed by atoms with E-state index in [1.54, 1.807) is 13.2 Å². The van der Waals surface area contributed by atoms with Gasteiger partial charge < -0.3 is 4.74 Å². The number of hydrogen-bond donors (Lipinski definition) is 1. The van der Waals surface area contributed by atoms with Crippen LogP contribution in [-0.4, -0.2) is 15.5 Å². The van der Waals surface area contributed by atoms with Crippen molar-refractivity contribution in [1.82, 2.24) is 4.72 Å². The Bertz CT molecular complexity index is 706. The molecular formula is C14H16BrNO3S2. The summed E-state index contributed by atoms with van der Waals surface area (Å²) in [6, 6.07) is 9.28. The van der Waals surface area contributed by atoms with Gasteiger partial charge in [-0.15, -0.1) is 11.3 Å².